The van der Waals surface area contributed by atoms with E-state index in [9.17, 15) is 0 Å². The van der Waals surface area contributed by atoms with Gasteiger partial charge in [0.15, 0.2) is 0 Å². The minimum atomic E-state index is 0.644. The van der Waals surface area contributed by atoms with E-state index in [1.54, 1.807) is 0 Å². The normalized spacial score (nSPS) is 10.9. The molecule has 1 rings (SSSR count). The molecule has 0 aliphatic heterocycles. The lowest BCUT2D eigenvalue weighted by atomic mass is 9.91. The van der Waals surface area contributed by atoms with E-state index in [0.29, 0.717) is 5.92 Å². The minimum Gasteiger partial charge on any atom is -0.0613 e. The van der Waals surface area contributed by atoms with Gasteiger partial charge in [0.1, 0.15) is 0 Å². The summed E-state index contributed by atoms with van der Waals surface area (Å²) in [5.74, 6) is 0.644. The highest BCUT2D eigenvalue weighted by molar-refractivity contribution is 5.39. The zero-order valence-electron chi connectivity index (χ0n) is 9.44. The van der Waals surface area contributed by atoms with Gasteiger partial charge in [-0.3, -0.25) is 0 Å². The summed E-state index contributed by atoms with van der Waals surface area (Å²) in [6.45, 7) is 11.2. The minimum absolute atomic E-state index is 0.644. The third kappa shape index (κ3) is 2.12. The Bertz CT molecular complexity index is 295. The van der Waals surface area contributed by atoms with Crippen LogP contribution in [0.5, 0.6) is 0 Å². The predicted octanol–water partition coefficient (Wildman–Crippen LogP) is 3.99. The molecule has 0 fully saturated rings. The number of benzene rings is 1. The van der Waals surface area contributed by atoms with Gasteiger partial charge in [0, 0.05) is 0 Å². The topological polar surface area (TPSA) is 0 Å². The van der Waals surface area contributed by atoms with Crippen LogP contribution in [0.15, 0.2) is 12.1 Å². The van der Waals surface area contributed by atoms with Gasteiger partial charge < -0.3 is 0 Å². The maximum absolute atomic E-state index is 2.32. The van der Waals surface area contributed by atoms with Crippen molar-refractivity contribution in [1.82, 2.24) is 0 Å². The molecule has 0 atom stereocenters. The van der Waals surface area contributed by atoms with Gasteiger partial charge in [-0.15, -0.1) is 0 Å². The van der Waals surface area contributed by atoms with E-state index in [-0.39, 0.29) is 0 Å². The lowest BCUT2D eigenvalue weighted by Crippen LogP contribution is -1.97. The predicted molar refractivity (Wildman–Crippen MR) is 59.4 cm³/mol. The van der Waals surface area contributed by atoms with Crippen molar-refractivity contribution < 1.29 is 0 Å². The van der Waals surface area contributed by atoms with Gasteiger partial charge in [0.05, 0.1) is 0 Å². The lowest BCUT2D eigenvalue weighted by molar-refractivity contribution is 0.847. The molecule has 1 aromatic carbocycles. The Morgan fingerprint density at radius 3 is 2.23 bits per heavy atom. The van der Waals surface area contributed by atoms with Crippen molar-refractivity contribution in [3.63, 3.8) is 0 Å². The van der Waals surface area contributed by atoms with Crippen LogP contribution in [0.25, 0.3) is 0 Å². The molecule has 0 spiro atoms. The van der Waals surface area contributed by atoms with Crippen molar-refractivity contribution in [2.75, 3.05) is 0 Å². The molecular formula is C13H20. The fraction of sp³-hybridized carbons (Fsp3) is 0.538. The second-order valence-electron chi connectivity index (χ2n) is 4.15. The Hall–Kier alpha value is -0.780. The molecule has 0 bridgehead atoms. The first kappa shape index (κ1) is 10.3. The summed E-state index contributed by atoms with van der Waals surface area (Å²) < 4.78 is 0. The molecule has 0 radical (unpaired) electrons. The van der Waals surface area contributed by atoms with Gasteiger partial charge in [-0.25, -0.2) is 0 Å². The number of hydrogen-bond donors (Lipinski definition) is 0. The maximum atomic E-state index is 2.32. The van der Waals surface area contributed by atoms with Gasteiger partial charge in [0.2, 0.25) is 0 Å². The molecular weight excluding hydrogens is 156 g/mol. The molecule has 0 amide bonds. The van der Waals surface area contributed by atoms with Crippen LogP contribution >= 0.6 is 0 Å². The Morgan fingerprint density at radius 1 is 1.15 bits per heavy atom. The molecule has 13 heavy (non-hydrogen) atoms. The highest BCUT2D eigenvalue weighted by Crippen LogP contribution is 2.24. The number of hydrogen-bond acceptors (Lipinski definition) is 0. The summed E-state index contributed by atoms with van der Waals surface area (Å²) in [5, 5.41) is 0. The molecule has 0 aromatic heterocycles. The molecule has 0 N–H and O–H groups in total. The Balaban J connectivity index is 3.27. The fourth-order valence-electron chi connectivity index (χ4n) is 1.93. The molecule has 0 saturated carbocycles. The van der Waals surface area contributed by atoms with Crippen molar-refractivity contribution >= 4 is 0 Å². The average Bonchev–Trinajstić information content (AvgIpc) is 2.08. The highest BCUT2D eigenvalue weighted by atomic mass is 14.1. The fourth-order valence-corrected chi connectivity index (χ4v) is 1.93. The van der Waals surface area contributed by atoms with Crippen molar-refractivity contribution in [1.29, 1.82) is 0 Å². The molecule has 1 aromatic rings. The Kier molecular flexibility index (Phi) is 3.13. The number of aryl methyl sites for hydroxylation is 2. The summed E-state index contributed by atoms with van der Waals surface area (Å²) in [5.41, 5.74) is 5.90. The molecule has 72 valence electrons. The third-order valence-electron chi connectivity index (χ3n) is 2.70. The molecule has 0 aliphatic carbocycles. The molecule has 0 aliphatic rings. The van der Waals surface area contributed by atoms with Crippen LogP contribution in [-0.4, -0.2) is 0 Å². The molecule has 0 nitrogen and oxygen atoms in total. The smallest absolute Gasteiger partial charge is 0.0216 e. The van der Waals surface area contributed by atoms with E-state index < -0.39 is 0 Å². The van der Waals surface area contributed by atoms with Gasteiger partial charge in [-0.1, -0.05) is 38.5 Å². The van der Waals surface area contributed by atoms with Gasteiger partial charge in [-0.2, -0.15) is 0 Å². The van der Waals surface area contributed by atoms with Crippen molar-refractivity contribution in [3.05, 3.63) is 34.4 Å². The van der Waals surface area contributed by atoms with Crippen molar-refractivity contribution in [2.45, 2.75) is 47.0 Å². The van der Waals surface area contributed by atoms with Crippen molar-refractivity contribution in [3.8, 4) is 0 Å². The van der Waals surface area contributed by atoms with Gasteiger partial charge >= 0.3 is 0 Å². The molecule has 0 saturated heterocycles. The maximum Gasteiger partial charge on any atom is -0.0216 e. The summed E-state index contributed by atoms with van der Waals surface area (Å²) in [6, 6.07) is 4.63. The van der Waals surface area contributed by atoms with E-state index >= 15 is 0 Å². The van der Waals surface area contributed by atoms with Crippen LogP contribution < -0.4 is 0 Å². The summed E-state index contributed by atoms with van der Waals surface area (Å²) in [6.07, 6.45) is 1.15. The van der Waals surface area contributed by atoms with Gasteiger partial charge in [0.25, 0.3) is 0 Å². The van der Waals surface area contributed by atoms with Gasteiger partial charge in [-0.05, 0) is 42.9 Å². The lowest BCUT2D eigenvalue weighted by Gasteiger charge is -2.14. The standard InChI is InChI=1S/C13H20/c1-6-12-7-10(4)8-13(9(2)3)11(12)5/h7-9H,6H2,1-5H3. The second kappa shape index (κ2) is 3.95. The van der Waals surface area contributed by atoms with Crippen LogP contribution in [-0.2, 0) is 6.42 Å². The second-order valence-corrected chi connectivity index (χ2v) is 4.15. The van der Waals surface area contributed by atoms with Crippen molar-refractivity contribution in [2.24, 2.45) is 0 Å². The zero-order chi connectivity index (χ0) is 10.0. The Labute approximate surface area is 82.0 Å². The van der Waals surface area contributed by atoms with Crippen LogP contribution in [0.4, 0.5) is 0 Å². The summed E-state index contributed by atoms with van der Waals surface area (Å²) >= 11 is 0. The zero-order valence-corrected chi connectivity index (χ0v) is 9.44. The highest BCUT2D eigenvalue weighted by Gasteiger charge is 2.07. The molecule has 0 heteroatoms. The van der Waals surface area contributed by atoms with Crippen LogP contribution in [0, 0.1) is 13.8 Å². The first-order valence-corrected chi connectivity index (χ1v) is 5.16. The van der Waals surface area contributed by atoms with E-state index in [1.807, 2.05) is 0 Å². The Morgan fingerprint density at radius 2 is 1.77 bits per heavy atom. The third-order valence-corrected chi connectivity index (χ3v) is 2.70. The van der Waals surface area contributed by atoms with Crippen LogP contribution in [0.1, 0.15) is 48.9 Å². The quantitative estimate of drug-likeness (QED) is 0.639. The molecule has 0 heterocycles. The number of rotatable bonds is 2. The first-order chi connectivity index (χ1) is 6.06. The SMILES string of the molecule is CCc1cc(C)cc(C(C)C)c1C. The monoisotopic (exact) mass is 176 g/mol. The van der Waals surface area contributed by atoms with E-state index in [2.05, 4.69) is 46.8 Å². The van der Waals surface area contributed by atoms with E-state index in [1.165, 1.54) is 22.3 Å². The molecule has 0 unspecified atom stereocenters. The summed E-state index contributed by atoms with van der Waals surface area (Å²) in [4.78, 5) is 0. The van der Waals surface area contributed by atoms with Crippen LogP contribution in [0.3, 0.4) is 0 Å². The summed E-state index contributed by atoms with van der Waals surface area (Å²) in [7, 11) is 0. The van der Waals surface area contributed by atoms with Crippen LogP contribution in [0.2, 0.25) is 0 Å². The first-order valence-electron chi connectivity index (χ1n) is 5.16. The largest absolute Gasteiger partial charge is 0.0613 e. The average molecular weight is 176 g/mol. The van der Waals surface area contributed by atoms with E-state index in [0.717, 1.165) is 6.42 Å². The van der Waals surface area contributed by atoms with E-state index in [4.69, 9.17) is 0 Å².